The molecule has 0 saturated carbocycles. The highest BCUT2D eigenvalue weighted by Gasteiger charge is 2.15. The van der Waals surface area contributed by atoms with Gasteiger partial charge in [0, 0.05) is 17.1 Å². The van der Waals surface area contributed by atoms with E-state index in [1.807, 2.05) is 6.92 Å². The number of allylic oxidation sites excluding steroid dienone is 1. The van der Waals surface area contributed by atoms with Gasteiger partial charge >= 0.3 is 0 Å². The third kappa shape index (κ3) is 2.95. The zero-order chi connectivity index (χ0) is 13.0. The largest absolute Gasteiger partial charge is 0.311 e. The smallest absolute Gasteiger partial charge is 0.253 e. The molecule has 0 aliphatic heterocycles. The zero-order valence-corrected chi connectivity index (χ0v) is 11.6. The number of hydrogen-bond donors (Lipinski definition) is 0. The Morgan fingerprint density at radius 1 is 1.53 bits per heavy atom. The van der Waals surface area contributed by atoms with E-state index in [9.17, 15) is 4.79 Å². The molecule has 0 aliphatic carbocycles. The van der Waals surface area contributed by atoms with Gasteiger partial charge in [0.25, 0.3) is 5.91 Å². The van der Waals surface area contributed by atoms with Gasteiger partial charge in [-0.05, 0) is 48.0 Å². The number of rotatable bonds is 2. The Kier molecular flexibility index (Phi) is 4.47. The topological polar surface area (TPSA) is 44.1 Å². The number of anilines is 1. The van der Waals surface area contributed by atoms with Crippen LogP contribution in [0.1, 0.15) is 19.4 Å². The Hall–Kier alpha value is -1.60. The number of hydrogen-bond acceptors (Lipinski definition) is 2. The second-order valence-electron chi connectivity index (χ2n) is 3.61. The molecule has 1 rings (SSSR count). The first kappa shape index (κ1) is 13.5. The highest BCUT2D eigenvalue weighted by atomic mass is 79.9. The van der Waals surface area contributed by atoms with Crippen LogP contribution in [0.15, 0.2) is 34.3 Å². The predicted octanol–water partition coefficient (Wildman–Crippen LogP) is 3.25. The number of likely N-dealkylation sites (N-methyl/N-ethyl adjacent to an activating group) is 1. The van der Waals surface area contributed by atoms with Crippen molar-refractivity contribution in [2.45, 2.75) is 13.8 Å². The van der Waals surface area contributed by atoms with Gasteiger partial charge < -0.3 is 4.90 Å². The average molecular weight is 293 g/mol. The van der Waals surface area contributed by atoms with Crippen molar-refractivity contribution >= 4 is 27.5 Å². The molecule has 0 heterocycles. The molecule has 4 heteroatoms. The molecule has 0 fully saturated rings. The Labute approximate surface area is 109 Å². The third-order valence-corrected chi connectivity index (χ3v) is 3.18. The van der Waals surface area contributed by atoms with Crippen molar-refractivity contribution in [3.63, 3.8) is 0 Å². The lowest BCUT2D eigenvalue weighted by Gasteiger charge is -2.19. The molecule has 0 aliphatic rings. The maximum absolute atomic E-state index is 12.0. The number of amides is 1. The van der Waals surface area contributed by atoms with Crippen LogP contribution in [0.5, 0.6) is 0 Å². The lowest BCUT2D eigenvalue weighted by atomic mass is 10.2. The molecule has 3 nitrogen and oxygen atoms in total. The van der Waals surface area contributed by atoms with E-state index >= 15 is 0 Å². The molecule has 0 atom stereocenters. The van der Waals surface area contributed by atoms with Crippen LogP contribution in [0, 0.1) is 11.3 Å². The summed E-state index contributed by atoms with van der Waals surface area (Å²) >= 11 is 3.38. The summed E-state index contributed by atoms with van der Waals surface area (Å²) in [6, 6.07) is 7.21. The van der Waals surface area contributed by atoms with Crippen molar-refractivity contribution in [2.75, 3.05) is 11.9 Å². The van der Waals surface area contributed by atoms with Crippen LogP contribution in [0.3, 0.4) is 0 Å². The standard InChI is InChI=1S/C13H13BrN2O/c1-4-9(2)13(17)16(3)12-7-10(8-15)5-6-11(12)14/h4-7H,1-3H3/b9-4+. The van der Waals surface area contributed by atoms with E-state index in [2.05, 4.69) is 22.0 Å². The zero-order valence-electron chi connectivity index (χ0n) is 9.99. The van der Waals surface area contributed by atoms with E-state index in [0.717, 1.165) is 4.47 Å². The SMILES string of the molecule is C/C=C(\C)C(=O)N(C)c1cc(C#N)ccc1Br. The van der Waals surface area contributed by atoms with Crippen molar-refractivity contribution in [3.05, 3.63) is 39.9 Å². The predicted molar refractivity (Wildman–Crippen MR) is 71.7 cm³/mol. The molecule has 1 amide bonds. The van der Waals surface area contributed by atoms with E-state index in [-0.39, 0.29) is 5.91 Å². The summed E-state index contributed by atoms with van der Waals surface area (Å²) in [4.78, 5) is 13.5. The Bertz CT molecular complexity index is 515. The molecule has 0 aromatic heterocycles. The molecule has 17 heavy (non-hydrogen) atoms. The maximum Gasteiger partial charge on any atom is 0.253 e. The van der Waals surface area contributed by atoms with Crippen molar-refractivity contribution in [3.8, 4) is 6.07 Å². The van der Waals surface area contributed by atoms with Crippen LogP contribution in [-0.2, 0) is 4.79 Å². The summed E-state index contributed by atoms with van der Waals surface area (Å²) < 4.78 is 0.788. The van der Waals surface area contributed by atoms with E-state index in [1.165, 1.54) is 4.90 Å². The van der Waals surface area contributed by atoms with Gasteiger partial charge in [-0.1, -0.05) is 6.08 Å². The van der Waals surface area contributed by atoms with Gasteiger partial charge in [-0.3, -0.25) is 4.79 Å². The second-order valence-corrected chi connectivity index (χ2v) is 4.47. The first-order valence-electron chi connectivity index (χ1n) is 5.12. The first-order valence-corrected chi connectivity index (χ1v) is 5.91. The fourth-order valence-electron chi connectivity index (χ4n) is 1.34. The molecule has 1 aromatic carbocycles. The minimum atomic E-state index is -0.0803. The Morgan fingerprint density at radius 2 is 2.18 bits per heavy atom. The van der Waals surface area contributed by atoms with Gasteiger partial charge in [-0.15, -0.1) is 0 Å². The van der Waals surface area contributed by atoms with Crippen LogP contribution in [0.25, 0.3) is 0 Å². The normalized spacial score (nSPS) is 10.9. The third-order valence-electron chi connectivity index (χ3n) is 2.51. The van der Waals surface area contributed by atoms with E-state index in [1.54, 1.807) is 38.2 Å². The summed E-state index contributed by atoms with van der Waals surface area (Å²) in [6.45, 7) is 3.59. The van der Waals surface area contributed by atoms with Crippen LogP contribution in [0.2, 0.25) is 0 Å². The summed E-state index contributed by atoms with van der Waals surface area (Å²) in [5.41, 5.74) is 1.89. The van der Waals surface area contributed by atoms with Gasteiger partial charge in [0.15, 0.2) is 0 Å². The number of nitrogens with zero attached hydrogens (tertiary/aromatic N) is 2. The van der Waals surface area contributed by atoms with Crippen molar-refractivity contribution in [1.29, 1.82) is 5.26 Å². The minimum Gasteiger partial charge on any atom is -0.311 e. The van der Waals surface area contributed by atoms with Gasteiger partial charge in [0.05, 0.1) is 17.3 Å². The molecule has 0 saturated heterocycles. The second kappa shape index (κ2) is 5.65. The summed E-state index contributed by atoms with van der Waals surface area (Å²) in [5, 5.41) is 8.85. The molecule has 0 radical (unpaired) electrons. The monoisotopic (exact) mass is 292 g/mol. The number of nitriles is 1. The van der Waals surface area contributed by atoms with Gasteiger partial charge in [0.1, 0.15) is 0 Å². The van der Waals surface area contributed by atoms with E-state index in [4.69, 9.17) is 5.26 Å². The fraction of sp³-hybridized carbons (Fsp3) is 0.231. The lowest BCUT2D eigenvalue weighted by molar-refractivity contribution is -0.114. The molecule has 88 valence electrons. The van der Waals surface area contributed by atoms with Crippen molar-refractivity contribution in [2.24, 2.45) is 0 Å². The minimum absolute atomic E-state index is 0.0803. The van der Waals surface area contributed by atoms with Gasteiger partial charge in [-0.2, -0.15) is 5.26 Å². The number of benzene rings is 1. The molecular formula is C13H13BrN2O. The molecular weight excluding hydrogens is 280 g/mol. The summed E-state index contributed by atoms with van der Waals surface area (Å²) in [6.07, 6.45) is 1.76. The fourth-order valence-corrected chi connectivity index (χ4v) is 1.85. The number of carbonyl (C=O) groups excluding carboxylic acids is 1. The number of carbonyl (C=O) groups is 1. The van der Waals surface area contributed by atoms with Crippen LogP contribution in [-0.4, -0.2) is 13.0 Å². The van der Waals surface area contributed by atoms with E-state index in [0.29, 0.717) is 16.8 Å². The molecule has 0 N–H and O–H groups in total. The summed E-state index contributed by atoms with van der Waals surface area (Å²) in [5.74, 6) is -0.0803. The quantitative estimate of drug-likeness (QED) is 0.786. The van der Waals surface area contributed by atoms with Crippen molar-refractivity contribution in [1.82, 2.24) is 0 Å². The lowest BCUT2D eigenvalue weighted by Crippen LogP contribution is -2.27. The molecule has 0 spiro atoms. The van der Waals surface area contributed by atoms with Gasteiger partial charge in [0.2, 0.25) is 0 Å². The maximum atomic E-state index is 12.0. The van der Waals surface area contributed by atoms with Crippen LogP contribution >= 0.6 is 15.9 Å². The summed E-state index contributed by atoms with van der Waals surface area (Å²) in [7, 11) is 1.69. The highest BCUT2D eigenvalue weighted by molar-refractivity contribution is 9.10. The average Bonchev–Trinajstić information content (AvgIpc) is 2.36. The Morgan fingerprint density at radius 3 is 2.71 bits per heavy atom. The Balaban J connectivity index is 3.17. The molecule has 0 unspecified atom stereocenters. The van der Waals surface area contributed by atoms with E-state index < -0.39 is 0 Å². The van der Waals surface area contributed by atoms with Crippen molar-refractivity contribution < 1.29 is 4.79 Å². The highest BCUT2D eigenvalue weighted by Crippen LogP contribution is 2.27. The van der Waals surface area contributed by atoms with Crippen LogP contribution < -0.4 is 4.90 Å². The number of halogens is 1. The molecule has 1 aromatic rings. The van der Waals surface area contributed by atoms with Gasteiger partial charge in [-0.25, -0.2) is 0 Å². The molecule has 0 bridgehead atoms. The van der Waals surface area contributed by atoms with Crippen LogP contribution in [0.4, 0.5) is 5.69 Å². The first-order chi connectivity index (χ1) is 8.01.